The van der Waals surface area contributed by atoms with Crippen LogP contribution in [0.3, 0.4) is 0 Å². The lowest BCUT2D eigenvalue weighted by molar-refractivity contribution is -0.140. The van der Waals surface area contributed by atoms with Gasteiger partial charge in [-0.15, -0.1) is 11.8 Å². The summed E-state index contributed by atoms with van der Waals surface area (Å²) in [6, 6.07) is 14.5. The maximum absolute atomic E-state index is 12.9. The lowest BCUT2D eigenvalue weighted by atomic mass is 10.1. The molecule has 0 saturated heterocycles. The minimum atomic E-state index is -0.555. The van der Waals surface area contributed by atoms with Crippen LogP contribution in [0.4, 0.5) is 0 Å². The zero-order valence-electron chi connectivity index (χ0n) is 16.3. The van der Waals surface area contributed by atoms with Gasteiger partial charge in [0.25, 0.3) is 0 Å². The molecule has 28 heavy (non-hydrogen) atoms. The average molecular weight is 421 g/mol. The third kappa shape index (κ3) is 6.46. The molecule has 0 aliphatic heterocycles. The molecular formula is C21H25ClN2O3S. The number of likely N-dealkylation sites (N-methyl/N-ethyl adjacent to an activating group) is 1. The van der Waals surface area contributed by atoms with Crippen molar-refractivity contribution in [2.75, 3.05) is 19.9 Å². The molecule has 0 unspecified atom stereocenters. The number of methoxy groups -OCH3 is 1. The predicted octanol–water partition coefficient (Wildman–Crippen LogP) is 3.99. The molecule has 0 aliphatic rings. The zero-order chi connectivity index (χ0) is 20.5. The van der Waals surface area contributed by atoms with E-state index in [1.165, 1.54) is 0 Å². The van der Waals surface area contributed by atoms with E-state index in [0.29, 0.717) is 23.7 Å². The first-order chi connectivity index (χ1) is 13.4. The molecule has 1 atom stereocenters. The lowest BCUT2D eigenvalue weighted by Gasteiger charge is -2.28. The largest absolute Gasteiger partial charge is 0.497 e. The van der Waals surface area contributed by atoms with Crippen LogP contribution in [0, 0.1) is 0 Å². The van der Waals surface area contributed by atoms with Crippen LogP contribution < -0.4 is 10.1 Å². The fourth-order valence-electron chi connectivity index (χ4n) is 2.65. The number of ether oxygens (including phenoxy) is 1. The maximum atomic E-state index is 12.9. The van der Waals surface area contributed by atoms with Gasteiger partial charge in [0, 0.05) is 35.7 Å². The Morgan fingerprint density at radius 2 is 1.79 bits per heavy atom. The molecule has 5 nitrogen and oxygen atoms in total. The quantitative estimate of drug-likeness (QED) is 0.623. The Morgan fingerprint density at radius 3 is 2.36 bits per heavy atom. The lowest BCUT2D eigenvalue weighted by Crippen LogP contribution is -2.46. The van der Waals surface area contributed by atoms with E-state index in [0.717, 1.165) is 16.2 Å². The molecule has 150 valence electrons. The van der Waals surface area contributed by atoms with Crippen LogP contribution in [-0.2, 0) is 16.1 Å². The van der Waals surface area contributed by atoms with Crippen molar-refractivity contribution in [2.45, 2.75) is 30.8 Å². The number of hydrogen-bond acceptors (Lipinski definition) is 4. The van der Waals surface area contributed by atoms with Gasteiger partial charge in [-0.25, -0.2) is 0 Å². The summed E-state index contributed by atoms with van der Waals surface area (Å²) in [7, 11) is 3.18. The number of benzene rings is 2. The second-order valence-electron chi connectivity index (χ2n) is 6.21. The fourth-order valence-corrected chi connectivity index (χ4v) is 3.62. The van der Waals surface area contributed by atoms with Crippen molar-refractivity contribution >= 4 is 35.2 Å². The average Bonchev–Trinajstić information content (AvgIpc) is 2.72. The Labute approximate surface area is 175 Å². The minimum Gasteiger partial charge on any atom is -0.497 e. The summed E-state index contributed by atoms with van der Waals surface area (Å²) in [6.45, 7) is 2.11. The first-order valence-corrected chi connectivity index (χ1v) is 10.3. The summed E-state index contributed by atoms with van der Waals surface area (Å²) in [4.78, 5) is 27.7. The van der Waals surface area contributed by atoms with Gasteiger partial charge in [0.05, 0.1) is 7.11 Å². The third-order valence-electron chi connectivity index (χ3n) is 4.32. The van der Waals surface area contributed by atoms with Gasteiger partial charge in [-0.3, -0.25) is 9.59 Å². The Morgan fingerprint density at radius 1 is 1.14 bits per heavy atom. The molecule has 0 heterocycles. The molecule has 0 spiro atoms. The Kier molecular flexibility index (Phi) is 8.67. The van der Waals surface area contributed by atoms with Crippen LogP contribution in [0.15, 0.2) is 53.4 Å². The minimum absolute atomic E-state index is 0.0617. The van der Waals surface area contributed by atoms with Crippen molar-refractivity contribution in [1.29, 1.82) is 0 Å². The summed E-state index contributed by atoms with van der Waals surface area (Å²) in [5.74, 6) is 1.13. The van der Waals surface area contributed by atoms with Gasteiger partial charge >= 0.3 is 0 Å². The third-order valence-corrected chi connectivity index (χ3v) is 5.59. The normalized spacial score (nSPS) is 11.6. The molecule has 0 bridgehead atoms. The molecule has 0 aromatic heterocycles. The van der Waals surface area contributed by atoms with E-state index < -0.39 is 6.04 Å². The SMILES string of the molecule is CNC(=O)[C@H](C)N(Cc1ccc(OC)cc1)C(=O)CCSc1ccc(Cl)cc1. The van der Waals surface area contributed by atoms with Gasteiger partial charge in [-0.2, -0.15) is 0 Å². The van der Waals surface area contributed by atoms with Crippen molar-refractivity contribution in [1.82, 2.24) is 10.2 Å². The van der Waals surface area contributed by atoms with Gasteiger partial charge < -0.3 is 15.0 Å². The van der Waals surface area contributed by atoms with Crippen LogP contribution in [-0.4, -0.2) is 42.7 Å². The standard InChI is InChI=1S/C21H25ClN2O3S/c1-15(21(26)23-2)24(14-16-4-8-18(27-3)9-5-16)20(25)12-13-28-19-10-6-17(22)7-11-19/h4-11,15H,12-14H2,1-3H3,(H,23,26)/t15-/m0/s1. The number of nitrogens with zero attached hydrogens (tertiary/aromatic N) is 1. The first-order valence-electron chi connectivity index (χ1n) is 8.97. The van der Waals surface area contributed by atoms with E-state index in [1.807, 2.05) is 48.5 Å². The molecule has 0 aliphatic carbocycles. The van der Waals surface area contributed by atoms with Crippen LogP contribution in [0.1, 0.15) is 18.9 Å². The van der Waals surface area contributed by atoms with Crippen molar-refractivity contribution in [2.24, 2.45) is 0 Å². The summed E-state index contributed by atoms with van der Waals surface area (Å²) >= 11 is 7.48. The molecular weight excluding hydrogens is 396 g/mol. The van der Waals surface area contributed by atoms with E-state index in [4.69, 9.17) is 16.3 Å². The van der Waals surface area contributed by atoms with Gasteiger partial charge in [0.2, 0.25) is 11.8 Å². The van der Waals surface area contributed by atoms with Crippen LogP contribution in [0.25, 0.3) is 0 Å². The molecule has 7 heteroatoms. The molecule has 2 rings (SSSR count). The van der Waals surface area contributed by atoms with E-state index in [2.05, 4.69) is 5.32 Å². The van der Waals surface area contributed by atoms with Crippen molar-refractivity contribution < 1.29 is 14.3 Å². The zero-order valence-corrected chi connectivity index (χ0v) is 17.8. The van der Waals surface area contributed by atoms with Crippen molar-refractivity contribution in [3.05, 3.63) is 59.1 Å². The predicted molar refractivity (Wildman–Crippen MR) is 114 cm³/mol. The summed E-state index contributed by atoms with van der Waals surface area (Å²) < 4.78 is 5.17. The highest BCUT2D eigenvalue weighted by atomic mass is 35.5. The summed E-state index contributed by atoms with van der Waals surface area (Å²) in [5.41, 5.74) is 0.940. The number of halogens is 1. The molecule has 2 aromatic rings. The highest BCUT2D eigenvalue weighted by Crippen LogP contribution is 2.22. The van der Waals surface area contributed by atoms with E-state index >= 15 is 0 Å². The number of hydrogen-bond donors (Lipinski definition) is 1. The number of carbonyl (C=O) groups is 2. The van der Waals surface area contributed by atoms with Crippen molar-refractivity contribution in [3.8, 4) is 5.75 Å². The monoisotopic (exact) mass is 420 g/mol. The number of nitrogens with one attached hydrogen (secondary N) is 1. The number of amides is 2. The molecule has 0 saturated carbocycles. The van der Waals surface area contributed by atoms with Crippen LogP contribution >= 0.6 is 23.4 Å². The number of rotatable bonds is 9. The summed E-state index contributed by atoms with van der Waals surface area (Å²) in [5, 5.41) is 3.31. The van der Waals surface area contributed by atoms with E-state index in [9.17, 15) is 9.59 Å². The first kappa shape index (κ1) is 22.1. The Balaban J connectivity index is 2.02. The Bertz CT molecular complexity index is 781. The van der Waals surface area contributed by atoms with E-state index in [1.54, 1.807) is 37.7 Å². The summed E-state index contributed by atoms with van der Waals surface area (Å²) in [6.07, 6.45) is 0.338. The maximum Gasteiger partial charge on any atom is 0.242 e. The van der Waals surface area contributed by atoms with Gasteiger partial charge in [-0.05, 0) is 48.9 Å². The second kappa shape index (κ2) is 11.0. The van der Waals surface area contributed by atoms with Crippen LogP contribution in [0.5, 0.6) is 5.75 Å². The molecule has 0 fully saturated rings. The van der Waals surface area contributed by atoms with Gasteiger partial charge in [0.1, 0.15) is 11.8 Å². The van der Waals surface area contributed by atoms with Crippen LogP contribution in [0.2, 0.25) is 5.02 Å². The van der Waals surface area contributed by atoms with Gasteiger partial charge in [-0.1, -0.05) is 23.7 Å². The van der Waals surface area contributed by atoms with Crippen molar-refractivity contribution in [3.63, 3.8) is 0 Å². The second-order valence-corrected chi connectivity index (χ2v) is 7.82. The number of thioether (sulfide) groups is 1. The highest BCUT2D eigenvalue weighted by Gasteiger charge is 2.25. The molecule has 0 radical (unpaired) electrons. The molecule has 1 N–H and O–H groups in total. The smallest absolute Gasteiger partial charge is 0.242 e. The number of carbonyl (C=O) groups excluding carboxylic acids is 2. The molecule has 2 amide bonds. The fraction of sp³-hybridized carbons (Fsp3) is 0.333. The van der Waals surface area contributed by atoms with E-state index in [-0.39, 0.29) is 11.8 Å². The highest BCUT2D eigenvalue weighted by molar-refractivity contribution is 7.99. The Hall–Kier alpha value is -2.18. The van der Waals surface area contributed by atoms with Gasteiger partial charge in [0.15, 0.2) is 0 Å². The molecule has 2 aromatic carbocycles. The topological polar surface area (TPSA) is 58.6 Å².